The monoisotopic (exact) mass is 1520 g/mol. The molecule has 0 aliphatic heterocycles. The van der Waals surface area contributed by atoms with Crippen molar-refractivity contribution >= 4 is 39.5 Å². The molecule has 0 aliphatic carbocycles. The summed E-state index contributed by atoms with van der Waals surface area (Å²) in [5.74, 6) is -2.35. The first kappa shape index (κ1) is 99.9. The quantitative estimate of drug-likeness (QED) is 0.0169. The summed E-state index contributed by atoms with van der Waals surface area (Å²) in [7, 11) is -10.0. The summed E-state index contributed by atoms with van der Waals surface area (Å²) < 4.78 is 68.4. The Morgan fingerprint density at radius 1 is 0.274 bits per heavy atom. The van der Waals surface area contributed by atoms with Crippen LogP contribution < -0.4 is 0 Å². The second-order valence-electron chi connectivity index (χ2n) is 25.5. The van der Waals surface area contributed by atoms with E-state index in [1.54, 1.807) is 0 Å². The summed E-state index contributed by atoms with van der Waals surface area (Å²) in [4.78, 5) is 73.0. The minimum Gasteiger partial charge on any atom is -0.462 e. The van der Waals surface area contributed by atoms with E-state index in [2.05, 4.69) is 210 Å². The normalized spacial score (nSPS) is 14.9. The van der Waals surface area contributed by atoms with Crippen LogP contribution in [-0.4, -0.2) is 96.7 Å². The molecule has 3 N–H and O–H groups in total. The fourth-order valence-electron chi connectivity index (χ4n) is 9.58. The van der Waals surface area contributed by atoms with Crippen LogP contribution in [0.1, 0.15) is 272 Å². The lowest BCUT2D eigenvalue weighted by atomic mass is 10.1. The molecule has 17 nitrogen and oxygen atoms in total. The number of hydrogen-bond donors (Lipinski definition) is 3. The number of carbonyl (C=O) groups excluding carboxylic acids is 4. The zero-order chi connectivity index (χ0) is 77.4. The number of phosphoric acid groups is 2. The van der Waals surface area contributed by atoms with E-state index in [1.165, 1.54) is 6.42 Å². The van der Waals surface area contributed by atoms with Crippen LogP contribution in [-0.2, 0) is 65.4 Å². The Kier molecular flexibility index (Phi) is 72.6. The molecule has 0 radical (unpaired) electrons. The number of carbonyl (C=O) groups is 4. The third kappa shape index (κ3) is 76.1. The molecule has 0 saturated carbocycles. The molecule has 0 heterocycles. The summed E-state index contributed by atoms with van der Waals surface area (Å²) in [6.07, 6.45) is 94.3. The summed E-state index contributed by atoms with van der Waals surface area (Å²) in [5, 5.41) is 10.6. The number of aliphatic hydroxyl groups excluding tert-OH is 1. The maximum absolute atomic E-state index is 13.1. The van der Waals surface area contributed by atoms with Gasteiger partial charge in [-0.3, -0.25) is 37.3 Å². The predicted octanol–water partition coefficient (Wildman–Crippen LogP) is 23.3. The van der Waals surface area contributed by atoms with E-state index in [9.17, 15) is 43.2 Å². The van der Waals surface area contributed by atoms with Crippen LogP contribution in [0.25, 0.3) is 0 Å². The van der Waals surface area contributed by atoms with Gasteiger partial charge in [0.05, 0.1) is 26.4 Å². The van der Waals surface area contributed by atoms with Crippen molar-refractivity contribution in [3.8, 4) is 0 Å². The maximum atomic E-state index is 13.1. The van der Waals surface area contributed by atoms with E-state index in [0.717, 1.165) is 180 Å². The second-order valence-corrected chi connectivity index (χ2v) is 28.4. The van der Waals surface area contributed by atoms with Crippen molar-refractivity contribution in [2.24, 2.45) is 0 Å². The molecule has 0 aliphatic rings. The van der Waals surface area contributed by atoms with Gasteiger partial charge in [-0.2, -0.15) is 0 Å². The van der Waals surface area contributed by atoms with Gasteiger partial charge in [-0.1, -0.05) is 267 Å². The summed E-state index contributed by atoms with van der Waals surface area (Å²) in [6.45, 7) is 4.31. The van der Waals surface area contributed by atoms with Crippen molar-refractivity contribution in [1.29, 1.82) is 0 Å². The molecule has 5 unspecified atom stereocenters. The lowest BCUT2D eigenvalue weighted by Gasteiger charge is -2.21. The molecule has 0 rings (SSSR count). The first-order chi connectivity index (χ1) is 51.7. The van der Waals surface area contributed by atoms with Gasteiger partial charge >= 0.3 is 39.5 Å². The Morgan fingerprint density at radius 2 is 0.500 bits per heavy atom. The number of phosphoric ester groups is 2. The van der Waals surface area contributed by atoms with Crippen molar-refractivity contribution in [1.82, 2.24) is 0 Å². The molecule has 0 fully saturated rings. The minimum absolute atomic E-state index is 0.000156. The lowest BCUT2D eigenvalue weighted by molar-refractivity contribution is -0.161. The Balaban J connectivity index is 5.47. The van der Waals surface area contributed by atoms with Gasteiger partial charge in [0, 0.05) is 25.7 Å². The van der Waals surface area contributed by atoms with Crippen LogP contribution in [0.5, 0.6) is 0 Å². The number of hydrogen-bond acceptors (Lipinski definition) is 15. The summed E-state index contributed by atoms with van der Waals surface area (Å²) in [6, 6.07) is 0. The molecule has 0 saturated heterocycles. The predicted molar refractivity (Wildman–Crippen MR) is 436 cm³/mol. The number of unbranched alkanes of at least 4 members (excludes halogenated alkanes) is 14. The SMILES string of the molecule is CC/C=C\C/C=C\C/C=C\C/C=C\C/C=C\CCCCCC(=O)OCC(COP(=O)(O)OCC(O)COP(=O)(O)OCC(COC(=O)CCCCC/C=C\C/C=C\C/C=C\C/C=C\C/C=C\CC)OC(=O)CCCCCCC/C=C\CCCC)OC(=O)CCC/C=C\C/C=C\C/C=C\C/C=C\C/C=C\CC. The molecule has 106 heavy (non-hydrogen) atoms. The van der Waals surface area contributed by atoms with Gasteiger partial charge in [-0.25, -0.2) is 9.13 Å². The number of allylic oxidation sites excluding steroid dienone is 32. The Hall–Kier alpha value is -6.10. The van der Waals surface area contributed by atoms with Crippen molar-refractivity contribution in [3.63, 3.8) is 0 Å². The number of aliphatic hydroxyl groups is 1. The lowest BCUT2D eigenvalue weighted by Crippen LogP contribution is -2.30. The Labute approximate surface area is 640 Å². The molecule has 19 heteroatoms. The fraction of sp³-hybridized carbons (Fsp3) is 0.586. The number of rotatable bonds is 72. The van der Waals surface area contributed by atoms with Crippen molar-refractivity contribution < 1.29 is 80.2 Å². The van der Waals surface area contributed by atoms with Crippen LogP contribution >= 0.6 is 15.6 Å². The second kappa shape index (κ2) is 77.1. The first-order valence-corrected chi connectivity index (χ1v) is 42.7. The molecule has 0 aromatic rings. The fourth-order valence-corrected chi connectivity index (χ4v) is 11.2. The molecular formula is C87H138O17P2. The standard InChI is InChI=1S/C87H138O17P2/c1-5-9-13-17-21-25-29-32-35-38-40-43-45-48-52-55-59-63-67-71-84(89)97-77-82(103-86(91)73-69-65-61-57-51-28-24-20-16-12-8-4)79-101-105(93,94)99-75-81(88)76-100-106(95,96)102-80-83(104-87(92)74-70-66-62-58-54-50-47-42-37-34-31-27-23-19-15-11-7-3)78-98-85(90)72-68-64-60-56-53-49-46-44-41-39-36-33-30-26-22-18-14-10-6-2/h9-11,13-15,20-27,32-37,40-41,43-44,47-50,52-53,58,62,81-83,88H,5-8,12,16-19,28-31,38-39,42,45-46,51,54-57,59-61,63-80H2,1-4H3,(H,93,94)(H,95,96)/b13-9-,14-10-,15-11-,24-20-,25-21-,26-22-,27-23-,35-32-,36-33-,37-34-,43-40-,44-41-,50-47-,52-48-,53-49-,62-58-. The minimum atomic E-state index is -5.01. The topological polar surface area (TPSA) is 237 Å². The van der Waals surface area contributed by atoms with E-state index in [-0.39, 0.29) is 25.7 Å². The highest BCUT2D eigenvalue weighted by Crippen LogP contribution is 2.45. The van der Waals surface area contributed by atoms with Crippen molar-refractivity contribution in [2.75, 3.05) is 39.6 Å². The van der Waals surface area contributed by atoms with Gasteiger partial charge in [-0.05, 0) is 173 Å². The third-order valence-electron chi connectivity index (χ3n) is 15.5. The molecule has 0 aromatic heterocycles. The molecule has 0 bridgehead atoms. The maximum Gasteiger partial charge on any atom is 0.472 e. The Bertz CT molecular complexity index is 2780. The Morgan fingerprint density at radius 3 is 0.811 bits per heavy atom. The zero-order valence-corrected chi connectivity index (χ0v) is 67.1. The smallest absolute Gasteiger partial charge is 0.462 e. The van der Waals surface area contributed by atoms with Crippen LogP contribution in [0.3, 0.4) is 0 Å². The van der Waals surface area contributed by atoms with E-state index in [0.29, 0.717) is 32.1 Å². The van der Waals surface area contributed by atoms with Crippen molar-refractivity contribution in [3.05, 3.63) is 194 Å². The van der Waals surface area contributed by atoms with Gasteiger partial charge in [0.25, 0.3) is 0 Å². The largest absolute Gasteiger partial charge is 0.472 e. The molecule has 5 atom stereocenters. The van der Waals surface area contributed by atoms with Gasteiger partial charge < -0.3 is 33.8 Å². The first-order valence-electron chi connectivity index (χ1n) is 39.7. The highest BCUT2D eigenvalue weighted by atomic mass is 31.2. The highest BCUT2D eigenvalue weighted by molar-refractivity contribution is 7.47. The molecule has 0 spiro atoms. The van der Waals surface area contributed by atoms with Gasteiger partial charge in [0.1, 0.15) is 19.3 Å². The van der Waals surface area contributed by atoms with Crippen LogP contribution in [0.4, 0.5) is 0 Å². The van der Waals surface area contributed by atoms with Crippen molar-refractivity contribution in [2.45, 2.75) is 290 Å². The van der Waals surface area contributed by atoms with E-state index in [4.69, 9.17) is 37.0 Å². The highest BCUT2D eigenvalue weighted by Gasteiger charge is 2.30. The average molecular weight is 1520 g/mol. The van der Waals surface area contributed by atoms with Gasteiger partial charge in [-0.15, -0.1) is 0 Å². The van der Waals surface area contributed by atoms with Crippen LogP contribution in [0, 0.1) is 0 Å². The average Bonchev–Trinajstić information content (AvgIpc) is 0.919. The summed E-state index contributed by atoms with van der Waals surface area (Å²) in [5.41, 5.74) is 0. The number of esters is 4. The van der Waals surface area contributed by atoms with Crippen LogP contribution in [0.15, 0.2) is 194 Å². The van der Waals surface area contributed by atoms with E-state index < -0.39 is 97.5 Å². The van der Waals surface area contributed by atoms with Gasteiger partial charge in [0.2, 0.25) is 0 Å². The van der Waals surface area contributed by atoms with E-state index >= 15 is 0 Å². The summed E-state index contributed by atoms with van der Waals surface area (Å²) >= 11 is 0. The molecule has 0 amide bonds. The molecule has 598 valence electrons. The molecular weight excluding hydrogens is 1380 g/mol. The third-order valence-corrected chi connectivity index (χ3v) is 17.4. The molecule has 0 aromatic carbocycles. The number of ether oxygens (including phenoxy) is 4. The van der Waals surface area contributed by atoms with E-state index in [1.807, 2.05) is 12.2 Å². The van der Waals surface area contributed by atoms with Crippen LogP contribution in [0.2, 0.25) is 0 Å². The zero-order valence-electron chi connectivity index (χ0n) is 65.3. The van der Waals surface area contributed by atoms with Gasteiger partial charge in [0.15, 0.2) is 12.2 Å².